The van der Waals surface area contributed by atoms with Crippen LogP contribution >= 0.6 is 11.3 Å². The van der Waals surface area contributed by atoms with Crippen molar-refractivity contribution in [2.45, 2.75) is 19.4 Å². The van der Waals surface area contributed by atoms with Crippen molar-refractivity contribution in [1.29, 1.82) is 0 Å². The molecule has 18 heavy (non-hydrogen) atoms. The molecule has 0 aromatic carbocycles. The second-order valence-corrected chi connectivity index (χ2v) is 5.13. The van der Waals surface area contributed by atoms with E-state index in [1.165, 1.54) is 0 Å². The summed E-state index contributed by atoms with van der Waals surface area (Å²) in [5, 5.41) is 2.01. The molecule has 0 saturated heterocycles. The normalized spacial score (nSPS) is 13.0. The van der Waals surface area contributed by atoms with Gasteiger partial charge in [0, 0.05) is 36.6 Å². The number of fused-ring (bicyclic) bond motifs is 1. The Hall–Kier alpha value is -1.79. The third-order valence-electron chi connectivity index (χ3n) is 2.70. The number of hydrogen-bond donors (Lipinski definition) is 1. The van der Waals surface area contributed by atoms with Crippen LogP contribution in [0.5, 0.6) is 0 Å². The maximum Gasteiger partial charge on any atom is 0.193 e. The molecule has 3 aromatic rings. The molecular formula is C12H13N5S. The van der Waals surface area contributed by atoms with Crippen molar-refractivity contribution in [1.82, 2.24) is 19.4 Å². The molecule has 0 aliphatic carbocycles. The molecule has 2 N–H and O–H groups in total. The molecular weight excluding hydrogens is 246 g/mol. The number of nitrogens with two attached hydrogens (primary N) is 1. The summed E-state index contributed by atoms with van der Waals surface area (Å²) in [6.07, 6.45) is 8.21. The van der Waals surface area contributed by atoms with E-state index in [1.807, 2.05) is 29.1 Å². The van der Waals surface area contributed by atoms with E-state index in [-0.39, 0.29) is 6.04 Å². The van der Waals surface area contributed by atoms with Crippen LogP contribution in [-0.4, -0.2) is 19.4 Å². The van der Waals surface area contributed by atoms with Gasteiger partial charge < -0.3 is 5.73 Å². The summed E-state index contributed by atoms with van der Waals surface area (Å²) in [5.41, 5.74) is 8.10. The quantitative estimate of drug-likeness (QED) is 0.777. The van der Waals surface area contributed by atoms with Gasteiger partial charge in [0.25, 0.3) is 0 Å². The van der Waals surface area contributed by atoms with Crippen LogP contribution in [0.15, 0.2) is 30.2 Å². The van der Waals surface area contributed by atoms with Crippen molar-refractivity contribution >= 4 is 16.3 Å². The van der Waals surface area contributed by atoms with Crippen molar-refractivity contribution in [3.63, 3.8) is 0 Å². The number of nitrogens with zero attached hydrogens (tertiary/aromatic N) is 4. The van der Waals surface area contributed by atoms with Gasteiger partial charge in [-0.15, -0.1) is 11.3 Å². The van der Waals surface area contributed by atoms with Gasteiger partial charge in [-0.25, -0.2) is 15.0 Å². The minimum absolute atomic E-state index is 0.213. The van der Waals surface area contributed by atoms with Crippen molar-refractivity contribution in [3.05, 3.63) is 47.2 Å². The summed E-state index contributed by atoms with van der Waals surface area (Å²) >= 11 is 1.61. The molecule has 0 amide bonds. The minimum atomic E-state index is -0.213. The Morgan fingerprint density at radius 2 is 2.17 bits per heavy atom. The van der Waals surface area contributed by atoms with Gasteiger partial charge in [0.2, 0.25) is 0 Å². The highest BCUT2D eigenvalue weighted by molar-refractivity contribution is 7.15. The first-order chi connectivity index (χ1) is 8.72. The molecule has 6 heteroatoms. The second kappa shape index (κ2) is 4.47. The lowest BCUT2D eigenvalue weighted by molar-refractivity contribution is 0.657. The minimum Gasteiger partial charge on any atom is -0.321 e. The molecule has 92 valence electrons. The predicted octanol–water partition coefficient (Wildman–Crippen LogP) is 1.74. The zero-order valence-corrected chi connectivity index (χ0v) is 10.8. The second-order valence-electron chi connectivity index (χ2n) is 4.25. The van der Waals surface area contributed by atoms with E-state index in [4.69, 9.17) is 5.73 Å². The van der Waals surface area contributed by atoms with Gasteiger partial charge >= 0.3 is 0 Å². The number of rotatable bonds is 3. The lowest BCUT2D eigenvalue weighted by Gasteiger charge is -2.07. The molecule has 3 heterocycles. The topological polar surface area (TPSA) is 69.1 Å². The van der Waals surface area contributed by atoms with Gasteiger partial charge in [-0.05, 0) is 12.5 Å². The Morgan fingerprint density at radius 3 is 2.89 bits per heavy atom. The molecule has 5 nitrogen and oxygen atoms in total. The molecule has 0 aliphatic rings. The van der Waals surface area contributed by atoms with Crippen LogP contribution in [0, 0.1) is 6.92 Å². The molecule has 0 spiro atoms. The lowest BCUT2D eigenvalue weighted by atomic mass is 10.1. The van der Waals surface area contributed by atoms with Crippen LogP contribution in [0.4, 0.5) is 0 Å². The highest BCUT2D eigenvalue weighted by atomic mass is 32.1. The molecule has 1 unspecified atom stereocenters. The Labute approximate surface area is 108 Å². The standard InChI is InChI=1S/C12H13N5S/c1-8-5-14-11(15-6-8)10(13)4-9-7-17-2-3-18-12(17)16-9/h2-3,5-7,10H,4,13H2,1H3. The zero-order chi connectivity index (χ0) is 12.5. The molecule has 0 fully saturated rings. The molecule has 3 aromatic heterocycles. The van der Waals surface area contributed by atoms with Crippen LogP contribution in [0.1, 0.15) is 23.1 Å². The SMILES string of the molecule is Cc1cnc(C(N)Cc2cn3ccsc3n2)nc1. The monoisotopic (exact) mass is 259 g/mol. The molecule has 0 bridgehead atoms. The average molecular weight is 259 g/mol. The van der Waals surface area contributed by atoms with Crippen molar-refractivity contribution in [2.75, 3.05) is 0 Å². The summed E-state index contributed by atoms with van der Waals surface area (Å²) in [5.74, 6) is 0.664. The highest BCUT2D eigenvalue weighted by Crippen LogP contribution is 2.15. The molecule has 3 rings (SSSR count). The maximum atomic E-state index is 6.10. The van der Waals surface area contributed by atoms with Gasteiger partial charge in [0.15, 0.2) is 4.96 Å². The highest BCUT2D eigenvalue weighted by Gasteiger charge is 2.12. The number of imidazole rings is 1. The van der Waals surface area contributed by atoms with Crippen LogP contribution in [0.25, 0.3) is 4.96 Å². The fourth-order valence-corrected chi connectivity index (χ4v) is 2.50. The number of aromatic nitrogens is 4. The van der Waals surface area contributed by atoms with E-state index >= 15 is 0 Å². The summed E-state index contributed by atoms with van der Waals surface area (Å²) in [7, 11) is 0. The summed E-state index contributed by atoms with van der Waals surface area (Å²) in [6, 6.07) is -0.213. The predicted molar refractivity (Wildman–Crippen MR) is 70.5 cm³/mol. The van der Waals surface area contributed by atoms with E-state index in [0.29, 0.717) is 12.2 Å². The van der Waals surface area contributed by atoms with E-state index < -0.39 is 0 Å². The molecule has 0 saturated carbocycles. The Morgan fingerprint density at radius 1 is 1.39 bits per heavy atom. The van der Waals surface area contributed by atoms with E-state index in [1.54, 1.807) is 23.7 Å². The summed E-state index contributed by atoms with van der Waals surface area (Å²) < 4.78 is 2.00. The lowest BCUT2D eigenvalue weighted by Crippen LogP contribution is -2.16. The van der Waals surface area contributed by atoms with Gasteiger partial charge in [-0.1, -0.05) is 0 Å². The van der Waals surface area contributed by atoms with Crippen LogP contribution < -0.4 is 5.73 Å². The fraction of sp³-hybridized carbons (Fsp3) is 0.250. The Kier molecular flexibility index (Phi) is 2.81. The Bertz CT molecular complexity index is 626. The first kappa shape index (κ1) is 11.3. The summed E-state index contributed by atoms with van der Waals surface area (Å²) in [4.78, 5) is 14.0. The average Bonchev–Trinajstić information content (AvgIpc) is 2.90. The van der Waals surface area contributed by atoms with Gasteiger partial charge in [-0.3, -0.25) is 4.40 Å². The first-order valence-electron chi connectivity index (χ1n) is 5.67. The van der Waals surface area contributed by atoms with Crippen LogP contribution in [-0.2, 0) is 6.42 Å². The summed E-state index contributed by atoms with van der Waals surface area (Å²) in [6.45, 7) is 1.96. The van der Waals surface area contributed by atoms with Crippen molar-refractivity contribution < 1.29 is 0 Å². The van der Waals surface area contributed by atoms with Gasteiger partial charge in [0.05, 0.1) is 11.7 Å². The number of thiazole rings is 1. The third-order valence-corrected chi connectivity index (χ3v) is 3.48. The number of hydrogen-bond acceptors (Lipinski definition) is 5. The van der Waals surface area contributed by atoms with E-state index in [9.17, 15) is 0 Å². The van der Waals surface area contributed by atoms with Crippen LogP contribution in [0.3, 0.4) is 0 Å². The van der Waals surface area contributed by atoms with Gasteiger partial charge in [0.1, 0.15) is 5.82 Å². The molecule has 1 atom stereocenters. The van der Waals surface area contributed by atoms with Crippen molar-refractivity contribution in [2.24, 2.45) is 5.73 Å². The molecule has 0 aliphatic heterocycles. The van der Waals surface area contributed by atoms with Gasteiger partial charge in [-0.2, -0.15) is 0 Å². The fourth-order valence-electron chi connectivity index (χ4n) is 1.79. The maximum absolute atomic E-state index is 6.10. The first-order valence-corrected chi connectivity index (χ1v) is 6.55. The molecule has 0 radical (unpaired) electrons. The van der Waals surface area contributed by atoms with Crippen LogP contribution in [0.2, 0.25) is 0 Å². The van der Waals surface area contributed by atoms with E-state index in [2.05, 4.69) is 15.0 Å². The van der Waals surface area contributed by atoms with Crippen molar-refractivity contribution in [3.8, 4) is 0 Å². The zero-order valence-electron chi connectivity index (χ0n) is 9.95. The van der Waals surface area contributed by atoms with E-state index in [0.717, 1.165) is 16.2 Å². The Balaban J connectivity index is 1.79. The number of aryl methyl sites for hydroxylation is 1. The third kappa shape index (κ3) is 2.12. The largest absolute Gasteiger partial charge is 0.321 e. The smallest absolute Gasteiger partial charge is 0.193 e.